The van der Waals surface area contributed by atoms with E-state index < -0.39 is 0 Å². The van der Waals surface area contributed by atoms with E-state index in [9.17, 15) is 4.79 Å². The zero-order valence-electron chi connectivity index (χ0n) is 10.3. The minimum absolute atomic E-state index is 0.0560. The highest BCUT2D eigenvalue weighted by Gasteiger charge is 2.24. The van der Waals surface area contributed by atoms with Crippen LogP contribution in [0.1, 0.15) is 31.7 Å². The molecule has 1 aromatic carbocycles. The summed E-state index contributed by atoms with van der Waals surface area (Å²) in [7, 11) is 0. The van der Waals surface area contributed by atoms with E-state index >= 15 is 0 Å². The second-order valence-corrected chi connectivity index (χ2v) is 5.73. The van der Waals surface area contributed by atoms with Crippen LogP contribution in [0.5, 0.6) is 0 Å². The topological polar surface area (TPSA) is 49.8 Å². The third-order valence-corrected chi connectivity index (χ3v) is 4.44. The summed E-state index contributed by atoms with van der Waals surface area (Å²) in [5.41, 5.74) is 1.67. The number of aromatic nitrogens is 2. The molecule has 102 valence electrons. The van der Waals surface area contributed by atoms with Gasteiger partial charge >= 0.3 is 5.69 Å². The molecular weight excluding hydrogens is 285 g/mol. The molecule has 0 atom stereocenters. The summed E-state index contributed by atoms with van der Waals surface area (Å²) < 4.78 is 1.86. The first-order chi connectivity index (χ1) is 9.19. The van der Waals surface area contributed by atoms with Crippen molar-refractivity contribution in [3.05, 3.63) is 33.7 Å². The number of halogens is 2. The van der Waals surface area contributed by atoms with E-state index in [1.54, 1.807) is 6.07 Å². The Morgan fingerprint density at radius 3 is 2.68 bits per heavy atom. The van der Waals surface area contributed by atoms with Crippen LogP contribution in [0.2, 0.25) is 5.02 Å². The Hall–Kier alpha value is -0.970. The predicted octanol–water partition coefficient (Wildman–Crippen LogP) is 3.21. The third-order valence-electron chi connectivity index (χ3n) is 3.89. The molecule has 0 spiro atoms. The number of hydrogen-bond acceptors (Lipinski definition) is 2. The molecule has 0 amide bonds. The smallest absolute Gasteiger partial charge is 0.305 e. The van der Waals surface area contributed by atoms with Crippen LogP contribution in [-0.4, -0.2) is 15.6 Å². The van der Waals surface area contributed by atoms with E-state index in [1.807, 2.05) is 16.7 Å². The third kappa shape index (κ3) is 2.40. The van der Waals surface area contributed by atoms with Gasteiger partial charge in [0.1, 0.15) is 0 Å². The fraction of sp³-hybridized carbons (Fsp3) is 0.462. The molecule has 19 heavy (non-hydrogen) atoms. The minimum Gasteiger partial charge on any atom is -0.305 e. The van der Waals surface area contributed by atoms with Gasteiger partial charge < -0.3 is 4.98 Å². The Morgan fingerprint density at radius 2 is 2.00 bits per heavy atom. The quantitative estimate of drug-likeness (QED) is 0.837. The molecule has 0 unspecified atom stereocenters. The summed E-state index contributed by atoms with van der Waals surface area (Å²) >= 11 is 11.6. The van der Waals surface area contributed by atoms with Crippen LogP contribution in [0.25, 0.3) is 11.0 Å². The number of nitrogens with zero attached hydrogens (tertiary/aromatic N) is 1. The van der Waals surface area contributed by atoms with Gasteiger partial charge in [-0.1, -0.05) is 11.6 Å². The van der Waals surface area contributed by atoms with Gasteiger partial charge in [-0.25, -0.2) is 9.63 Å². The van der Waals surface area contributed by atoms with E-state index in [0.29, 0.717) is 11.1 Å². The molecule has 2 aromatic rings. The molecular formula is C13H15Cl2N3O. The maximum atomic E-state index is 12.1. The molecule has 1 aromatic heterocycles. The molecule has 2 N–H and O–H groups in total. The van der Waals surface area contributed by atoms with Gasteiger partial charge in [-0.15, -0.1) is 0 Å². The summed E-state index contributed by atoms with van der Waals surface area (Å²) in [4.78, 5) is 17.8. The van der Waals surface area contributed by atoms with Crippen molar-refractivity contribution >= 4 is 34.4 Å². The number of rotatable bonds is 2. The van der Waals surface area contributed by atoms with Gasteiger partial charge in [0, 0.05) is 17.1 Å². The zero-order valence-corrected chi connectivity index (χ0v) is 11.8. The average Bonchev–Trinajstić information content (AvgIpc) is 2.74. The second-order valence-electron chi connectivity index (χ2n) is 5.08. The summed E-state index contributed by atoms with van der Waals surface area (Å²) in [5.74, 6) is 0. The maximum Gasteiger partial charge on any atom is 0.326 e. The van der Waals surface area contributed by atoms with Crippen LogP contribution in [0.15, 0.2) is 23.0 Å². The summed E-state index contributed by atoms with van der Waals surface area (Å²) in [6.45, 7) is 0. The van der Waals surface area contributed by atoms with Gasteiger partial charge in [-0.05, 0) is 55.7 Å². The molecule has 0 saturated heterocycles. The van der Waals surface area contributed by atoms with Crippen LogP contribution in [0.4, 0.5) is 0 Å². The van der Waals surface area contributed by atoms with Gasteiger partial charge in [-0.2, -0.15) is 0 Å². The van der Waals surface area contributed by atoms with Crippen molar-refractivity contribution in [3.8, 4) is 0 Å². The van der Waals surface area contributed by atoms with Gasteiger partial charge in [-0.3, -0.25) is 4.57 Å². The number of nitrogens with one attached hydrogen (secondary N) is 2. The van der Waals surface area contributed by atoms with Gasteiger partial charge in [0.15, 0.2) is 0 Å². The van der Waals surface area contributed by atoms with E-state index in [1.165, 1.54) is 0 Å². The highest BCUT2D eigenvalue weighted by molar-refractivity contribution is 6.31. The number of aromatic amines is 1. The Morgan fingerprint density at radius 1 is 1.26 bits per heavy atom. The van der Waals surface area contributed by atoms with E-state index in [0.717, 1.165) is 36.7 Å². The van der Waals surface area contributed by atoms with Crippen molar-refractivity contribution in [1.29, 1.82) is 0 Å². The van der Waals surface area contributed by atoms with E-state index in [-0.39, 0.29) is 11.7 Å². The van der Waals surface area contributed by atoms with Crippen LogP contribution in [-0.2, 0) is 0 Å². The summed E-state index contributed by atoms with van der Waals surface area (Å²) in [6.07, 6.45) is 3.89. The van der Waals surface area contributed by atoms with Crippen molar-refractivity contribution in [1.82, 2.24) is 14.4 Å². The monoisotopic (exact) mass is 299 g/mol. The summed E-state index contributed by atoms with van der Waals surface area (Å²) in [5, 5.41) is 0.635. The second kappa shape index (κ2) is 5.19. The van der Waals surface area contributed by atoms with Gasteiger partial charge in [0.25, 0.3) is 0 Å². The molecule has 0 aliphatic heterocycles. The molecule has 1 aliphatic carbocycles. The number of fused-ring (bicyclic) bond motifs is 1. The fourth-order valence-corrected chi connectivity index (χ4v) is 3.30. The molecule has 4 nitrogen and oxygen atoms in total. The van der Waals surface area contributed by atoms with Crippen LogP contribution >= 0.6 is 23.4 Å². The summed E-state index contributed by atoms with van der Waals surface area (Å²) in [6, 6.07) is 6.11. The SMILES string of the molecule is O=c1[nH]c2cc(Cl)ccc2n1[C@H]1CC[C@H](NCl)CC1. The highest BCUT2D eigenvalue weighted by Crippen LogP contribution is 2.30. The van der Waals surface area contributed by atoms with Crippen molar-refractivity contribution in [2.75, 3.05) is 0 Å². The molecule has 1 saturated carbocycles. The first kappa shape index (κ1) is 13.0. The normalized spacial score (nSPS) is 23.9. The van der Waals surface area contributed by atoms with Crippen LogP contribution < -0.4 is 10.5 Å². The standard InChI is InChI=1S/C13H15Cl2N3O/c14-8-1-6-12-11(7-8)16-13(19)18(12)10-4-2-9(17-15)3-5-10/h1,6-7,9-10,17H,2-5H2,(H,16,19)/t9-,10-. The van der Waals surface area contributed by atoms with Gasteiger partial charge in [0.05, 0.1) is 11.0 Å². The van der Waals surface area contributed by atoms with Crippen molar-refractivity contribution in [2.45, 2.75) is 37.8 Å². The van der Waals surface area contributed by atoms with Crippen molar-refractivity contribution in [3.63, 3.8) is 0 Å². The molecule has 0 radical (unpaired) electrons. The maximum absolute atomic E-state index is 12.1. The predicted molar refractivity (Wildman–Crippen MR) is 77.9 cm³/mol. The zero-order chi connectivity index (χ0) is 13.4. The first-order valence-corrected chi connectivity index (χ1v) is 7.20. The molecule has 0 bridgehead atoms. The molecule has 6 heteroatoms. The Balaban J connectivity index is 1.97. The Kier molecular flexibility index (Phi) is 3.56. The van der Waals surface area contributed by atoms with Crippen LogP contribution in [0.3, 0.4) is 0 Å². The molecule has 1 aliphatic rings. The lowest BCUT2D eigenvalue weighted by Crippen LogP contribution is -2.31. The Bertz CT molecular complexity index is 641. The van der Waals surface area contributed by atoms with Crippen LogP contribution in [0, 0.1) is 0 Å². The number of hydrogen-bond donors (Lipinski definition) is 2. The highest BCUT2D eigenvalue weighted by atomic mass is 35.5. The first-order valence-electron chi connectivity index (χ1n) is 6.45. The lowest BCUT2D eigenvalue weighted by molar-refractivity contribution is 0.314. The largest absolute Gasteiger partial charge is 0.326 e. The average molecular weight is 300 g/mol. The Labute approximate surface area is 120 Å². The lowest BCUT2D eigenvalue weighted by Gasteiger charge is -2.28. The van der Waals surface area contributed by atoms with Gasteiger partial charge in [0.2, 0.25) is 0 Å². The number of H-pyrrole nitrogens is 1. The lowest BCUT2D eigenvalue weighted by atomic mass is 9.91. The fourth-order valence-electron chi connectivity index (χ4n) is 2.91. The molecule has 1 heterocycles. The van der Waals surface area contributed by atoms with Crippen molar-refractivity contribution < 1.29 is 0 Å². The molecule has 1 fully saturated rings. The number of benzene rings is 1. The van der Waals surface area contributed by atoms with E-state index in [2.05, 4.69) is 9.82 Å². The minimum atomic E-state index is -0.0560. The van der Waals surface area contributed by atoms with Crippen molar-refractivity contribution in [2.24, 2.45) is 0 Å². The number of imidazole rings is 1. The van der Waals surface area contributed by atoms with E-state index in [4.69, 9.17) is 23.4 Å². The molecule has 3 rings (SSSR count).